The van der Waals surface area contributed by atoms with E-state index in [4.69, 9.17) is 9.84 Å². The molecule has 118 valence electrons. The summed E-state index contributed by atoms with van der Waals surface area (Å²) in [6.07, 6.45) is 0.193. The first kappa shape index (κ1) is 16.5. The fourth-order valence-electron chi connectivity index (χ4n) is 2.42. The monoisotopic (exact) mass is 299 g/mol. The Morgan fingerprint density at radius 3 is 2.23 bits per heavy atom. The van der Waals surface area contributed by atoms with Gasteiger partial charge in [-0.15, -0.1) is 0 Å². The number of rotatable bonds is 7. The molecule has 22 heavy (non-hydrogen) atoms. The summed E-state index contributed by atoms with van der Waals surface area (Å²) >= 11 is 0. The average molecular weight is 299 g/mol. The van der Waals surface area contributed by atoms with E-state index in [0.29, 0.717) is 0 Å². The average Bonchev–Trinajstić information content (AvgIpc) is 2.47. The van der Waals surface area contributed by atoms with Gasteiger partial charge in [0.25, 0.3) is 0 Å². The maximum atomic E-state index is 9.07. The van der Waals surface area contributed by atoms with Gasteiger partial charge >= 0.3 is 0 Å². The van der Waals surface area contributed by atoms with E-state index in [1.54, 1.807) is 0 Å². The molecular weight excluding hydrogens is 274 g/mol. The highest BCUT2D eigenvalue weighted by Crippen LogP contribution is 2.17. The molecule has 1 N–H and O–H groups in total. The maximum Gasteiger partial charge on any atom is 0.120 e. The van der Waals surface area contributed by atoms with Gasteiger partial charge in [-0.25, -0.2) is 0 Å². The fraction of sp³-hybridized carbons (Fsp3) is 0.368. The van der Waals surface area contributed by atoms with Crippen LogP contribution in [-0.4, -0.2) is 23.2 Å². The van der Waals surface area contributed by atoms with Gasteiger partial charge in [0.1, 0.15) is 5.75 Å². The van der Waals surface area contributed by atoms with Gasteiger partial charge in [0.05, 0.1) is 12.7 Å². The number of ether oxygens (including phenoxy) is 1. The van der Waals surface area contributed by atoms with E-state index in [1.807, 2.05) is 38.1 Å². The Labute approximate surface area is 133 Å². The molecule has 0 saturated heterocycles. The molecule has 0 fully saturated rings. The molecule has 0 aromatic heterocycles. The lowest BCUT2D eigenvalue weighted by atomic mass is 10.1. The molecule has 0 aliphatic rings. The van der Waals surface area contributed by atoms with Gasteiger partial charge in [-0.05, 0) is 49.7 Å². The molecule has 3 heteroatoms. The fourth-order valence-corrected chi connectivity index (χ4v) is 2.42. The minimum Gasteiger partial charge on any atom is -0.491 e. The van der Waals surface area contributed by atoms with Gasteiger partial charge in [0.2, 0.25) is 0 Å². The van der Waals surface area contributed by atoms with Crippen molar-refractivity contribution in [3.8, 4) is 5.75 Å². The Kier molecular flexibility index (Phi) is 5.99. The summed E-state index contributed by atoms with van der Waals surface area (Å²) in [6.45, 7) is 5.92. The molecule has 0 heterocycles. The summed E-state index contributed by atoms with van der Waals surface area (Å²) < 4.78 is 5.74. The number of aliphatic hydroxyl groups excluding tert-OH is 1. The third-order valence-electron chi connectivity index (χ3n) is 3.38. The Bertz CT molecular complexity index is 578. The maximum absolute atomic E-state index is 9.07. The third-order valence-corrected chi connectivity index (χ3v) is 3.38. The van der Waals surface area contributed by atoms with Crippen molar-refractivity contribution < 1.29 is 9.84 Å². The standard InChI is InChI=1S/C19H25NO2/c1-15(2)22-19-6-4-5-18(11-19)13-20(3)12-16-7-9-17(14-21)10-8-16/h4-11,15,21H,12-14H2,1-3H3. The summed E-state index contributed by atoms with van der Waals surface area (Å²) in [5, 5.41) is 9.07. The molecule has 0 bridgehead atoms. The molecule has 0 unspecified atom stereocenters. The Hall–Kier alpha value is -1.84. The third kappa shape index (κ3) is 5.17. The topological polar surface area (TPSA) is 32.7 Å². The number of aliphatic hydroxyl groups is 1. The highest BCUT2D eigenvalue weighted by Gasteiger charge is 2.04. The van der Waals surface area contributed by atoms with E-state index < -0.39 is 0 Å². The zero-order chi connectivity index (χ0) is 15.9. The largest absolute Gasteiger partial charge is 0.491 e. The molecule has 2 aromatic rings. The summed E-state index contributed by atoms with van der Waals surface area (Å²) in [5.74, 6) is 0.924. The van der Waals surface area contributed by atoms with Gasteiger partial charge in [-0.3, -0.25) is 4.90 Å². The second kappa shape index (κ2) is 7.97. The number of hydrogen-bond donors (Lipinski definition) is 1. The predicted octanol–water partition coefficient (Wildman–Crippen LogP) is 3.60. The Balaban J connectivity index is 1.94. The van der Waals surface area contributed by atoms with Crippen molar-refractivity contribution in [1.82, 2.24) is 4.90 Å². The van der Waals surface area contributed by atoms with Crippen LogP contribution in [0.5, 0.6) is 5.75 Å². The van der Waals surface area contributed by atoms with Crippen LogP contribution >= 0.6 is 0 Å². The molecule has 0 radical (unpaired) electrons. The first-order valence-electron chi connectivity index (χ1n) is 7.69. The summed E-state index contributed by atoms with van der Waals surface area (Å²) in [6, 6.07) is 16.3. The smallest absolute Gasteiger partial charge is 0.120 e. The van der Waals surface area contributed by atoms with E-state index in [1.165, 1.54) is 11.1 Å². The van der Waals surface area contributed by atoms with E-state index in [-0.39, 0.29) is 12.7 Å². The van der Waals surface area contributed by atoms with Crippen molar-refractivity contribution in [3.63, 3.8) is 0 Å². The molecule has 0 amide bonds. The van der Waals surface area contributed by atoms with Crippen LogP contribution in [0.3, 0.4) is 0 Å². The Morgan fingerprint density at radius 1 is 0.955 bits per heavy atom. The van der Waals surface area contributed by atoms with Gasteiger partial charge in [-0.1, -0.05) is 36.4 Å². The Morgan fingerprint density at radius 2 is 1.59 bits per heavy atom. The molecule has 0 saturated carbocycles. The highest BCUT2D eigenvalue weighted by atomic mass is 16.5. The molecule has 0 aliphatic heterocycles. The first-order valence-corrected chi connectivity index (χ1v) is 7.69. The lowest BCUT2D eigenvalue weighted by Gasteiger charge is -2.18. The SMILES string of the molecule is CC(C)Oc1cccc(CN(C)Cc2ccc(CO)cc2)c1. The van der Waals surface area contributed by atoms with Crippen LogP contribution in [0.15, 0.2) is 48.5 Å². The highest BCUT2D eigenvalue weighted by molar-refractivity contribution is 5.29. The molecule has 0 spiro atoms. The van der Waals surface area contributed by atoms with Crippen molar-refractivity contribution in [2.24, 2.45) is 0 Å². The lowest BCUT2D eigenvalue weighted by Crippen LogP contribution is -2.17. The van der Waals surface area contributed by atoms with Crippen LogP contribution in [0, 0.1) is 0 Å². The summed E-state index contributed by atoms with van der Waals surface area (Å²) in [7, 11) is 2.11. The predicted molar refractivity (Wildman–Crippen MR) is 89.7 cm³/mol. The van der Waals surface area contributed by atoms with E-state index in [0.717, 1.165) is 24.4 Å². The van der Waals surface area contributed by atoms with E-state index in [9.17, 15) is 0 Å². The van der Waals surface area contributed by atoms with Gasteiger partial charge < -0.3 is 9.84 Å². The van der Waals surface area contributed by atoms with Crippen LogP contribution in [0.25, 0.3) is 0 Å². The second-order valence-electron chi connectivity index (χ2n) is 5.96. The molecule has 0 aliphatic carbocycles. The molecule has 0 atom stereocenters. The number of benzene rings is 2. The van der Waals surface area contributed by atoms with Crippen LogP contribution in [0.1, 0.15) is 30.5 Å². The van der Waals surface area contributed by atoms with Crippen molar-refractivity contribution in [3.05, 3.63) is 65.2 Å². The zero-order valence-electron chi connectivity index (χ0n) is 13.6. The molecular formula is C19H25NO2. The van der Waals surface area contributed by atoms with Gasteiger partial charge in [0.15, 0.2) is 0 Å². The normalized spacial score (nSPS) is 11.2. The molecule has 2 aromatic carbocycles. The van der Waals surface area contributed by atoms with Gasteiger partial charge in [-0.2, -0.15) is 0 Å². The first-order chi connectivity index (χ1) is 10.6. The lowest BCUT2D eigenvalue weighted by molar-refractivity contribution is 0.241. The minimum absolute atomic E-state index is 0.0960. The van der Waals surface area contributed by atoms with Crippen LogP contribution in [0.4, 0.5) is 0 Å². The summed E-state index contributed by atoms with van der Waals surface area (Å²) in [5.41, 5.74) is 3.44. The van der Waals surface area contributed by atoms with Crippen molar-refractivity contribution in [1.29, 1.82) is 0 Å². The van der Waals surface area contributed by atoms with Crippen molar-refractivity contribution >= 4 is 0 Å². The van der Waals surface area contributed by atoms with E-state index >= 15 is 0 Å². The number of nitrogens with zero attached hydrogens (tertiary/aromatic N) is 1. The van der Waals surface area contributed by atoms with Crippen LogP contribution in [-0.2, 0) is 19.7 Å². The second-order valence-corrected chi connectivity index (χ2v) is 5.96. The van der Waals surface area contributed by atoms with Crippen LogP contribution in [0.2, 0.25) is 0 Å². The van der Waals surface area contributed by atoms with Crippen LogP contribution < -0.4 is 4.74 Å². The van der Waals surface area contributed by atoms with E-state index in [2.05, 4.69) is 36.2 Å². The molecule has 3 nitrogen and oxygen atoms in total. The van der Waals surface area contributed by atoms with Crippen molar-refractivity contribution in [2.75, 3.05) is 7.05 Å². The summed E-state index contributed by atoms with van der Waals surface area (Å²) in [4.78, 5) is 2.27. The van der Waals surface area contributed by atoms with Crippen molar-refractivity contribution in [2.45, 2.75) is 39.6 Å². The minimum atomic E-state index is 0.0960. The molecule has 2 rings (SSSR count). The van der Waals surface area contributed by atoms with Gasteiger partial charge in [0, 0.05) is 13.1 Å². The zero-order valence-corrected chi connectivity index (χ0v) is 13.6. The quantitative estimate of drug-likeness (QED) is 0.848. The number of hydrogen-bond acceptors (Lipinski definition) is 3.